The van der Waals surface area contributed by atoms with Crippen LogP contribution in [0.5, 0.6) is 0 Å². The molecule has 2 rings (SSSR count). The van der Waals surface area contributed by atoms with Gasteiger partial charge in [-0.2, -0.15) is 0 Å². The first-order valence-electron chi connectivity index (χ1n) is 5.92. The third kappa shape index (κ3) is 2.96. The van der Waals surface area contributed by atoms with Gasteiger partial charge in [0.15, 0.2) is 0 Å². The summed E-state index contributed by atoms with van der Waals surface area (Å²) in [6, 6.07) is 1.65. The Kier molecular flexibility index (Phi) is 4.48. The smallest absolute Gasteiger partial charge is 0.241 e. The van der Waals surface area contributed by atoms with E-state index in [0.29, 0.717) is 11.4 Å². The minimum absolute atomic E-state index is 0.0157. The minimum atomic E-state index is -3.42. The first kappa shape index (κ1) is 14.5. The molecule has 0 bridgehead atoms. The predicted octanol–water partition coefficient (Wildman–Crippen LogP) is 2.22. The van der Waals surface area contributed by atoms with E-state index in [1.807, 2.05) is 6.92 Å². The largest absolute Gasteiger partial charge is 0.330 e. The lowest BCUT2D eigenvalue weighted by atomic mass is 10.1. The van der Waals surface area contributed by atoms with Crippen LogP contribution in [0.25, 0.3) is 0 Å². The molecule has 0 saturated heterocycles. The van der Waals surface area contributed by atoms with Crippen LogP contribution in [0.3, 0.4) is 0 Å². The molecular weight excluding hydrogens is 336 g/mol. The van der Waals surface area contributed by atoms with Gasteiger partial charge in [0.25, 0.3) is 0 Å². The number of nitrogens with two attached hydrogens (primary N) is 1. The molecule has 4 nitrogen and oxygen atoms in total. The predicted molar refractivity (Wildman–Crippen MR) is 77.3 cm³/mol. The highest BCUT2D eigenvalue weighted by Gasteiger charge is 2.31. The van der Waals surface area contributed by atoms with Crippen LogP contribution in [-0.2, 0) is 10.0 Å². The van der Waals surface area contributed by atoms with E-state index in [1.54, 1.807) is 6.07 Å². The summed E-state index contributed by atoms with van der Waals surface area (Å²) < 4.78 is 28.3. The summed E-state index contributed by atoms with van der Waals surface area (Å²) >= 11 is 4.75. The third-order valence-corrected chi connectivity index (χ3v) is 6.70. The zero-order valence-corrected chi connectivity index (χ0v) is 13.4. The maximum absolute atomic E-state index is 12.3. The summed E-state index contributed by atoms with van der Waals surface area (Å²) in [5, 5.41) is 0. The van der Waals surface area contributed by atoms with Crippen molar-refractivity contribution in [1.29, 1.82) is 0 Å². The third-order valence-electron chi connectivity index (χ3n) is 3.40. The number of aryl methyl sites for hydroxylation is 1. The van der Waals surface area contributed by atoms with Crippen molar-refractivity contribution in [2.24, 2.45) is 11.7 Å². The molecule has 1 aromatic rings. The summed E-state index contributed by atoms with van der Waals surface area (Å²) in [5.41, 5.74) is 5.68. The maximum Gasteiger partial charge on any atom is 0.241 e. The van der Waals surface area contributed by atoms with E-state index in [4.69, 9.17) is 5.73 Å². The zero-order chi connectivity index (χ0) is 13.3. The average molecular weight is 353 g/mol. The molecule has 0 aliphatic heterocycles. The second kappa shape index (κ2) is 5.58. The molecule has 0 amide bonds. The average Bonchev–Trinajstić information content (AvgIpc) is 2.84. The van der Waals surface area contributed by atoms with Crippen LogP contribution in [0.1, 0.15) is 24.1 Å². The molecule has 1 fully saturated rings. The highest BCUT2D eigenvalue weighted by atomic mass is 79.9. The molecule has 1 aliphatic rings. The number of nitrogens with one attached hydrogen (secondary N) is 1. The maximum atomic E-state index is 12.3. The van der Waals surface area contributed by atoms with Crippen molar-refractivity contribution in [1.82, 2.24) is 4.72 Å². The Morgan fingerprint density at radius 3 is 2.83 bits per heavy atom. The van der Waals surface area contributed by atoms with Crippen molar-refractivity contribution in [3.05, 3.63) is 14.7 Å². The normalized spacial score (nSPS) is 24.6. The van der Waals surface area contributed by atoms with Crippen LogP contribution in [-0.4, -0.2) is 21.0 Å². The Morgan fingerprint density at radius 1 is 1.56 bits per heavy atom. The van der Waals surface area contributed by atoms with E-state index >= 15 is 0 Å². The van der Waals surface area contributed by atoms with Crippen LogP contribution in [0, 0.1) is 12.8 Å². The molecule has 1 aliphatic carbocycles. The van der Waals surface area contributed by atoms with Crippen molar-refractivity contribution in [3.8, 4) is 0 Å². The number of hydrogen-bond donors (Lipinski definition) is 2. The molecule has 2 atom stereocenters. The van der Waals surface area contributed by atoms with Crippen LogP contribution < -0.4 is 10.5 Å². The van der Waals surface area contributed by atoms with Gasteiger partial charge >= 0.3 is 0 Å². The Bertz CT molecular complexity index is 527. The van der Waals surface area contributed by atoms with E-state index < -0.39 is 10.0 Å². The summed E-state index contributed by atoms with van der Waals surface area (Å²) in [4.78, 5) is 1.18. The molecule has 0 spiro atoms. The van der Waals surface area contributed by atoms with Crippen LogP contribution in [0.15, 0.2) is 14.7 Å². The zero-order valence-electron chi connectivity index (χ0n) is 10.1. The van der Waals surface area contributed by atoms with Crippen LogP contribution in [0.2, 0.25) is 0 Å². The lowest BCUT2D eigenvalue weighted by Gasteiger charge is -2.19. The van der Waals surface area contributed by atoms with Crippen molar-refractivity contribution >= 4 is 37.3 Å². The number of thiophene rings is 1. The highest BCUT2D eigenvalue weighted by molar-refractivity contribution is 9.11. The summed E-state index contributed by atoms with van der Waals surface area (Å²) in [7, 11) is -3.42. The molecule has 2 unspecified atom stereocenters. The van der Waals surface area contributed by atoms with Crippen molar-refractivity contribution in [2.75, 3.05) is 6.54 Å². The van der Waals surface area contributed by atoms with Crippen molar-refractivity contribution < 1.29 is 8.42 Å². The quantitative estimate of drug-likeness (QED) is 0.872. The van der Waals surface area contributed by atoms with Gasteiger partial charge in [-0.3, -0.25) is 0 Å². The Morgan fingerprint density at radius 2 is 2.28 bits per heavy atom. The van der Waals surface area contributed by atoms with Crippen LogP contribution >= 0.6 is 27.3 Å². The first-order valence-corrected chi connectivity index (χ1v) is 9.01. The van der Waals surface area contributed by atoms with E-state index in [-0.39, 0.29) is 12.0 Å². The number of sulfonamides is 1. The van der Waals surface area contributed by atoms with Gasteiger partial charge in [-0.25, -0.2) is 13.1 Å². The molecule has 18 heavy (non-hydrogen) atoms. The fourth-order valence-electron chi connectivity index (χ4n) is 2.43. The molecule has 0 radical (unpaired) electrons. The van der Waals surface area contributed by atoms with Gasteiger partial charge in [-0.15, -0.1) is 11.3 Å². The Hall–Kier alpha value is 0.0500. The highest BCUT2D eigenvalue weighted by Crippen LogP contribution is 2.31. The molecule has 3 N–H and O–H groups in total. The standard InChI is InChI=1S/C11H17BrN2O2S2/c1-7-10(5-11(12)17-7)18(15,16)14-9-4-2-3-8(9)6-13/h5,8-9,14H,2-4,6,13H2,1H3. The van der Waals surface area contributed by atoms with Gasteiger partial charge < -0.3 is 5.73 Å². The Labute approximate surface area is 120 Å². The summed E-state index contributed by atoms with van der Waals surface area (Å²) in [5.74, 6) is 0.266. The lowest BCUT2D eigenvalue weighted by molar-refractivity contribution is 0.453. The number of rotatable bonds is 4. The van der Waals surface area contributed by atoms with E-state index in [9.17, 15) is 8.42 Å². The van der Waals surface area contributed by atoms with E-state index in [2.05, 4.69) is 20.7 Å². The van der Waals surface area contributed by atoms with E-state index in [1.165, 1.54) is 11.3 Å². The van der Waals surface area contributed by atoms with Gasteiger partial charge in [0.2, 0.25) is 10.0 Å². The van der Waals surface area contributed by atoms with Gasteiger partial charge in [-0.05, 0) is 54.2 Å². The fourth-order valence-corrected chi connectivity index (χ4v) is 6.19. The molecule has 1 aromatic heterocycles. The molecular formula is C11H17BrN2O2S2. The molecule has 0 aromatic carbocycles. The first-order chi connectivity index (χ1) is 8.44. The van der Waals surface area contributed by atoms with Gasteiger partial charge in [0.1, 0.15) is 0 Å². The fraction of sp³-hybridized carbons (Fsp3) is 0.636. The lowest BCUT2D eigenvalue weighted by Crippen LogP contribution is -2.39. The number of halogens is 1. The second-order valence-electron chi connectivity index (χ2n) is 4.63. The molecule has 7 heteroatoms. The van der Waals surface area contributed by atoms with Crippen LogP contribution in [0.4, 0.5) is 0 Å². The van der Waals surface area contributed by atoms with E-state index in [0.717, 1.165) is 27.9 Å². The molecule has 1 heterocycles. The van der Waals surface area contributed by atoms with Gasteiger partial charge in [0.05, 0.1) is 8.68 Å². The second-order valence-corrected chi connectivity index (χ2v) is 8.94. The topological polar surface area (TPSA) is 72.2 Å². The monoisotopic (exact) mass is 352 g/mol. The SMILES string of the molecule is Cc1sc(Br)cc1S(=O)(=O)NC1CCCC1CN. The molecule has 102 valence electrons. The minimum Gasteiger partial charge on any atom is -0.330 e. The number of hydrogen-bond acceptors (Lipinski definition) is 4. The van der Waals surface area contributed by atoms with Crippen molar-refractivity contribution in [2.45, 2.75) is 37.1 Å². The van der Waals surface area contributed by atoms with Gasteiger partial charge in [0, 0.05) is 10.9 Å². The Balaban J connectivity index is 2.19. The summed E-state index contributed by atoms with van der Waals surface area (Å²) in [6.45, 7) is 2.36. The van der Waals surface area contributed by atoms with Crippen molar-refractivity contribution in [3.63, 3.8) is 0 Å². The van der Waals surface area contributed by atoms with Gasteiger partial charge in [-0.1, -0.05) is 6.42 Å². The summed E-state index contributed by atoms with van der Waals surface area (Å²) in [6.07, 6.45) is 2.93. The molecule has 1 saturated carbocycles.